The molecule has 136 valence electrons. The predicted octanol–water partition coefficient (Wildman–Crippen LogP) is 3.19. The van der Waals surface area contributed by atoms with Gasteiger partial charge in [-0.1, -0.05) is 29.1 Å². The predicted molar refractivity (Wildman–Crippen MR) is 96.1 cm³/mol. The van der Waals surface area contributed by atoms with Crippen LogP contribution in [0, 0.1) is 0 Å². The number of thioether (sulfide) groups is 1. The van der Waals surface area contributed by atoms with E-state index in [1.165, 1.54) is 11.8 Å². The molecule has 3 aromatic heterocycles. The Morgan fingerprint density at radius 1 is 1.19 bits per heavy atom. The molecule has 4 heterocycles. The molecule has 27 heavy (non-hydrogen) atoms. The number of rotatable bonds is 5. The Bertz CT molecular complexity index is 1050. The fourth-order valence-electron chi connectivity index (χ4n) is 2.87. The number of hydrogen-bond donors (Lipinski definition) is 0. The van der Waals surface area contributed by atoms with Crippen LogP contribution in [0.15, 0.2) is 61.2 Å². The SMILES string of the molecule is O=C(CSc1nc2ccccc2o1)N1CC(c2nc(-c3ccco3)no2)C1. The summed E-state index contributed by atoms with van der Waals surface area (Å²) in [6, 6.07) is 11.1. The maximum absolute atomic E-state index is 12.3. The maximum Gasteiger partial charge on any atom is 0.257 e. The zero-order valence-corrected chi connectivity index (χ0v) is 14.9. The van der Waals surface area contributed by atoms with Crippen molar-refractivity contribution in [1.29, 1.82) is 0 Å². The molecule has 1 aromatic carbocycles. The number of furan rings is 1. The summed E-state index contributed by atoms with van der Waals surface area (Å²) in [6.45, 7) is 1.12. The lowest BCUT2D eigenvalue weighted by Gasteiger charge is -2.36. The van der Waals surface area contributed by atoms with Crippen molar-refractivity contribution in [3.63, 3.8) is 0 Å². The van der Waals surface area contributed by atoms with Gasteiger partial charge in [-0.25, -0.2) is 4.98 Å². The van der Waals surface area contributed by atoms with E-state index in [4.69, 9.17) is 13.4 Å². The number of carbonyl (C=O) groups excluding carboxylic acids is 1. The van der Waals surface area contributed by atoms with Crippen molar-refractivity contribution < 1.29 is 18.2 Å². The van der Waals surface area contributed by atoms with Crippen molar-refractivity contribution in [1.82, 2.24) is 20.0 Å². The van der Waals surface area contributed by atoms with Gasteiger partial charge in [-0.2, -0.15) is 4.98 Å². The van der Waals surface area contributed by atoms with Gasteiger partial charge in [0.1, 0.15) is 5.52 Å². The molecule has 0 N–H and O–H groups in total. The van der Waals surface area contributed by atoms with Crippen molar-refractivity contribution in [3.8, 4) is 11.6 Å². The van der Waals surface area contributed by atoms with Crippen molar-refractivity contribution in [2.75, 3.05) is 18.8 Å². The van der Waals surface area contributed by atoms with E-state index >= 15 is 0 Å². The molecule has 0 atom stereocenters. The highest BCUT2D eigenvalue weighted by atomic mass is 32.2. The third kappa shape index (κ3) is 3.10. The van der Waals surface area contributed by atoms with Gasteiger partial charge in [-0.15, -0.1) is 0 Å². The van der Waals surface area contributed by atoms with Crippen LogP contribution in [0.2, 0.25) is 0 Å². The summed E-state index contributed by atoms with van der Waals surface area (Å²) >= 11 is 1.30. The van der Waals surface area contributed by atoms with Crippen LogP contribution in [-0.4, -0.2) is 44.8 Å². The molecule has 9 heteroatoms. The van der Waals surface area contributed by atoms with Gasteiger partial charge in [0.15, 0.2) is 11.3 Å². The quantitative estimate of drug-likeness (QED) is 0.485. The first kappa shape index (κ1) is 16.1. The largest absolute Gasteiger partial charge is 0.461 e. The van der Waals surface area contributed by atoms with Gasteiger partial charge in [0.05, 0.1) is 17.9 Å². The fourth-order valence-corrected chi connectivity index (χ4v) is 3.61. The second-order valence-corrected chi connectivity index (χ2v) is 7.09. The molecule has 1 aliphatic heterocycles. The number of hydrogen-bond acceptors (Lipinski definition) is 8. The fraction of sp³-hybridized carbons (Fsp3) is 0.222. The first-order valence-electron chi connectivity index (χ1n) is 8.40. The number of oxazole rings is 1. The number of nitrogens with zero attached hydrogens (tertiary/aromatic N) is 4. The lowest BCUT2D eigenvalue weighted by molar-refractivity contribution is -0.133. The minimum atomic E-state index is 0.0317. The average molecular weight is 382 g/mol. The number of carbonyl (C=O) groups is 1. The molecule has 0 aliphatic carbocycles. The van der Waals surface area contributed by atoms with Crippen LogP contribution < -0.4 is 0 Å². The summed E-state index contributed by atoms with van der Waals surface area (Å²) in [5.74, 6) is 1.88. The molecule has 1 amide bonds. The Morgan fingerprint density at radius 2 is 2.07 bits per heavy atom. The van der Waals surface area contributed by atoms with E-state index in [1.54, 1.807) is 23.3 Å². The van der Waals surface area contributed by atoms with Gasteiger partial charge in [0, 0.05) is 13.1 Å². The molecule has 1 fully saturated rings. The number of amides is 1. The molecule has 8 nitrogen and oxygen atoms in total. The molecule has 0 bridgehead atoms. The summed E-state index contributed by atoms with van der Waals surface area (Å²) in [5, 5.41) is 4.42. The Hall–Kier alpha value is -3.07. The molecule has 0 radical (unpaired) electrons. The first-order valence-corrected chi connectivity index (χ1v) is 9.38. The molecular weight excluding hydrogens is 368 g/mol. The standard InChI is InChI=1S/C18H14N4O4S/c23-15(10-27-18-19-12-4-1-2-5-13(12)25-18)22-8-11(9-22)17-20-16(21-26-17)14-6-3-7-24-14/h1-7,11H,8-10H2. The highest BCUT2D eigenvalue weighted by Crippen LogP contribution is 2.29. The second kappa shape index (κ2) is 6.58. The third-order valence-corrected chi connectivity index (χ3v) is 5.17. The normalized spacial score (nSPS) is 14.6. The monoisotopic (exact) mass is 382 g/mol. The van der Waals surface area contributed by atoms with Crippen molar-refractivity contribution >= 4 is 28.8 Å². The maximum atomic E-state index is 12.3. The minimum Gasteiger partial charge on any atom is -0.461 e. The van der Waals surface area contributed by atoms with E-state index in [0.29, 0.717) is 35.8 Å². The van der Waals surface area contributed by atoms with Crippen LogP contribution in [-0.2, 0) is 4.79 Å². The highest BCUT2D eigenvalue weighted by Gasteiger charge is 2.35. The van der Waals surface area contributed by atoms with Crippen LogP contribution in [0.1, 0.15) is 11.8 Å². The Kier molecular flexibility index (Phi) is 3.93. The van der Waals surface area contributed by atoms with E-state index < -0.39 is 0 Å². The zero-order chi connectivity index (χ0) is 18.2. The first-order chi connectivity index (χ1) is 13.3. The van der Waals surface area contributed by atoms with Crippen molar-refractivity contribution in [2.45, 2.75) is 11.1 Å². The van der Waals surface area contributed by atoms with Crippen LogP contribution in [0.3, 0.4) is 0 Å². The molecule has 1 aliphatic rings. The Balaban J connectivity index is 1.15. The molecule has 0 saturated carbocycles. The number of para-hydroxylation sites is 2. The molecule has 4 aromatic rings. The van der Waals surface area contributed by atoms with Gasteiger partial charge in [-0.3, -0.25) is 4.79 Å². The number of benzene rings is 1. The summed E-state index contributed by atoms with van der Waals surface area (Å²) < 4.78 is 16.2. The lowest BCUT2D eigenvalue weighted by Crippen LogP contribution is -2.49. The average Bonchev–Trinajstić information content (AvgIpc) is 3.37. The smallest absolute Gasteiger partial charge is 0.257 e. The van der Waals surface area contributed by atoms with Crippen molar-refractivity contribution in [3.05, 3.63) is 48.6 Å². The van der Waals surface area contributed by atoms with E-state index in [9.17, 15) is 4.79 Å². The van der Waals surface area contributed by atoms with E-state index in [-0.39, 0.29) is 17.6 Å². The third-order valence-electron chi connectivity index (χ3n) is 4.36. The van der Waals surface area contributed by atoms with Gasteiger partial charge < -0.3 is 18.3 Å². The molecular formula is C18H14N4O4S. The zero-order valence-electron chi connectivity index (χ0n) is 14.1. The summed E-state index contributed by atoms with van der Waals surface area (Å²) in [5.41, 5.74) is 1.51. The van der Waals surface area contributed by atoms with Crippen LogP contribution in [0.4, 0.5) is 0 Å². The Labute approximate surface area is 157 Å². The van der Waals surface area contributed by atoms with Crippen LogP contribution >= 0.6 is 11.8 Å². The number of fused-ring (bicyclic) bond motifs is 1. The van der Waals surface area contributed by atoms with E-state index in [2.05, 4.69) is 15.1 Å². The van der Waals surface area contributed by atoms with Gasteiger partial charge in [0.2, 0.25) is 17.6 Å². The summed E-state index contributed by atoms with van der Waals surface area (Å²) in [4.78, 5) is 22.8. The van der Waals surface area contributed by atoms with Gasteiger partial charge in [0.25, 0.3) is 5.22 Å². The summed E-state index contributed by atoms with van der Waals surface area (Å²) in [6.07, 6.45) is 1.56. The molecule has 5 rings (SSSR count). The minimum absolute atomic E-state index is 0.0317. The van der Waals surface area contributed by atoms with E-state index in [1.807, 2.05) is 24.3 Å². The molecule has 1 saturated heterocycles. The van der Waals surface area contributed by atoms with Crippen molar-refractivity contribution in [2.24, 2.45) is 0 Å². The van der Waals surface area contributed by atoms with Gasteiger partial charge >= 0.3 is 0 Å². The molecule has 0 spiro atoms. The highest BCUT2D eigenvalue weighted by molar-refractivity contribution is 7.99. The number of likely N-dealkylation sites (tertiary alicyclic amines) is 1. The van der Waals surface area contributed by atoms with Crippen LogP contribution in [0.25, 0.3) is 22.7 Å². The Morgan fingerprint density at radius 3 is 2.89 bits per heavy atom. The lowest BCUT2D eigenvalue weighted by atomic mass is 10.0. The molecule has 0 unspecified atom stereocenters. The van der Waals surface area contributed by atoms with Gasteiger partial charge in [-0.05, 0) is 24.3 Å². The van der Waals surface area contributed by atoms with E-state index in [0.717, 1.165) is 11.1 Å². The summed E-state index contributed by atoms with van der Waals surface area (Å²) in [7, 11) is 0. The second-order valence-electron chi connectivity index (χ2n) is 6.17. The number of aromatic nitrogens is 3. The topological polar surface area (TPSA) is 98.4 Å². The van der Waals surface area contributed by atoms with Crippen LogP contribution in [0.5, 0.6) is 0 Å².